The van der Waals surface area contributed by atoms with Crippen molar-refractivity contribution in [3.8, 4) is 56.2 Å². The summed E-state index contributed by atoms with van der Waals surface area (Å²) in [6, 6.07) is 77.0. The molecule has 0 spiro atoms. The van der Waals surface area contributed by atoms with Crippen molar-refractivity contribution >= 4 is 17.0 Å². The van der Waals surface area contributed by atoms with Gasteiger partial charge in [0.1, 0.15) is 0 Å². The second-order valence-corrected chi connectivity index (χ2v) is 16.0. The van der Waals surface area contributed by atoms with E-state index in [1.165, 1.54) is 27.8 Å². The number of nitrogens with zero attached hydrogens (tertiary/aromatic N) is 3. The third kappa shape index (κ3) is 7.61. The molecule has 8 aromatic carbocycles. The molecule has 1 unspecified atom stereocenters. The van der Waals surface area contributed by atoms with Crippen LogP contribution in [0.25, 0.3) is 67.4 Å². The molecule has 10 rings (SSSR count). The van der Waals surface area contributed by atoms with Crippen LogP contribution in [-0.4, -0.2) is 15.7 Å². The Hall–Kier alpha value is -7.75. The lowest BCUT2D eigenvalue weighted by atomic mass is 9.90. The van der Waals surface area contributed by atoms with E-state index in [9.17, 15) is 0 Å². The fourth-order valence-corrected chi connectivity index (χ4v) is 8.76. The molecule has 0 aliphatic heterocycles. The highest BCUT2D eigenvalue weighted by Crippen LogP contribution is 2.41. The first kappa shape index (κ1) is 38.5. The van der Waals surface area contributed by atoms with Crippen molar-refractivity contribution in [3.63, 3.8) is 0 Å². The molecular weight excluding hydrogens is 751 g/mol. The zero-order valence-electron chi connectivity index (χ0n) is 34.9. The third-order valence-electron chi connectivity index (χ3n) is 12.0. The summed E-state index contributed by atoms with van der Waals surface area (Å²) in [5.41, 5.74) is 20.2. The average molecular weight is 796 g/mol. The Kier molecular flexibility index (Phi) is 10.6. The third-order valence-corrected chi connectivity index (χ3v) is 12.0. The van der Waals surface area contributed by atoms with Gasteiger partial charge in [0.25, 0.3) is 0 Å². The first-order valence-electron chi connectivity index (χ1n) is 21.4. The zero-order chi connectivity index (χ0) is 41.8. The summed E-state index contributed by atoms with van der Waals surface area (Å²) >= 11 is 0. The summed E-state index contributed by atoms with van der Waals surface area (Å²) < 4.78 is 0. The number of fused-ring (bicyclic) bond motifs is 3. The normalized spacial score (nSPS) is 12.9. The summed E-state index contributed by atoms with van der Waals surface area (Å²) in [7, 11) is 0. The largest absolute Gasteiger partial charge is 0.251 e. The zero-order valence-corrected chi connectivity index (χ0v) is 34.9. The molecule has 3 nitrogen and oxygen atoms in total. The highest BCUT2D eigenvalue weighted by molar-refractivity contribution is 6.09. The van der Waals surface area contributed by atoms with Gasteiger partial charge in [0.2, 0.25) is 0 Å². The van der Waals surface area contributed by atoms with Crippen LogP contribution >= 0.6 is 0 Å². The summed E-state index contributed by atoms with van der Waals surface area (Å²) in [6.45, 7) is 4.49. The number of aliphatic imine (C=N–C) groups is 1. The van der Waals surface area contributed by atoms with Crippen LogP contribution in [0.1, 0.15) is 53.1 Å². The predicted octanol–water partition coefficient (Wildman–Crippen LogP) is 14.9. The fraction of sp³-hybridized carbons (Fsp3) is 0.0678. The molecule has 0 saturated heterocycles. The van der Waals surface area contributed by atoms with Crippen LogP contribution in [0.4, 0.5) is 0 Å². The number of aromatic nitrogens is 2. The number of benzene rings is 8. The predicted molar refractivity (Wildman–Crippen MR) is 259 cm³/mol. The lowest BCUT2D eigenvalue weighted by Gasteiger charge is -2.20. The molecule has 0 fully saturated rings. The van der Waals surface area contributed by atoms with Gasteiger partial charge in [-0.1, -0.05) is 219 Å². The van der Waals surface area contributed by atoms with Crippen LogP contribution in [0.3, 0.4) is 0 Å². The molecule has 0 bridgehead atoms. The highest BCUT2D eigenvalue weighted by Gasteiger charge is 2.23. The van der Waals surface area contributed by atoms with Crippen LogP contribution in [0.15, 0.2) is 223 Å². The molecule has 9 aromatic rings. The van der Waals surface area contributed by atoms with Crippen molar-refractivity contribution in [1.82, 2.24) is 9.97 Å². The van der Waals surface area contributed by atoms with Crippen molar-refractivity contribution < 1.29 is 0 Å². The number of allylic oxidation sites excluding steroid dienone is 1. The lowest BCUT2D eigenvalue weighted by molar-refractivity contribution is 1.02. The molecule has 1 aliphatic carbocycles. The lowest BCUT2D eigenvalue weighted by Crippen LogP contribution is -2.12. The molecule has 62 heavy (non-hydrogen) atoms. The quantitative estimate of drug-likeness (QED) is 0.102. The highest BCUT2D eigenvalue weighted by atomic mass is 14.9. The molecule has 0 radical (unpaired) electrons. The Morgan fingerprint density at radius 1 is 0.419 bits per heavy atom. The summed E-state index contributed by atoms with van der Waals surface area (Å²) in [5.74, 6) is 0.0219. The number of hydrogen-bond donors (Lipinski definition) is 0. The van der Waals surface area contributed by atoms with Gasteiger partial charge in [-0.25, -0.2) is 9.97 Å². The minimum absolute atomic E-state index is 0.0219. The van der Waals surface area contributed by atoms with Gasteiger partial charge in [-0.15, -0.1) is 0 Å². The van der Waals surface area contributed by atoms with Crippen LogP contribution in [0.5, 0.6) is 0 Å². The Bertz CT molecular complexity index is 3080. The second-order valence-electron chi connectivity index (χ2n) is 16.0. The molecule has 0 N–H and O–H groups in total. The SMILES string of the molecule is C/C(=C(\N=C(c1ccccc1)C(C)c1ccccc1)c1cccc(-c2nc(-c3ccccc3)c(-c3ccccc3)nc2-c2ccccc2)c1)c1ccc2c(c1)Cc1ccccc1-2. The molecule has 1 aromatic heterocycles. The molecule has 296 valence electrons. The minimum Gasteiger partial charge on any atom is -0.251 e. The Labute approximate surface area is 364 Å². The first-order chi connectivity index (χ1) is 30.6. The monoisotopic (exact) mass is 795 g/mol. The Balaban J connectivity index is 1.20. The van der Waals surface area contributed by atoms with E-state index in [0.29, 0.717) is 0 Å². The summed E-state index contributed by atoms with van der Waals surface area (Å²) in [5, 5.41) is 0. The maximum absolute atomic E-state index is 5.80. The number of rotatable bonds is 10. The van der Waals surface area contributed by atoms with Gasteiger partial charge >= 0.3 is 0 Å². The van der Waals surface area contributed by atoms with Crippen molar-refractivity contribution in [2.45, 2.75) is 26.2 Å². The first-order valence-corrected chi connectivity index (χ1v) is 21.4. The van der Waals surface area contributed by atoms with Gasteiger partial charge < -0.3 is 0 Å². The van der Waals surface area contributed by atoms with Gasteiger partial charge in [-0.05, 0) is 63.9 Å². The average Bonchev–Trinajstić information content (AvgIpc) is 3.73. The number of hydrogen-bond acceptors (Lipinski definition) is 3. The summed E-state index contributed by atoms with van der Waals surface area (Å²) in [6.07, 6.45) is 0.921. The van der Waals surface area contributed by atoms with E-state index < -0.39 is 0 Å². The van der Waals surface area contributed by atoms with E-state index in [0.717, 1.165) is 85.1 Å². The van der Waals surface area contributed by atoms with Gasteiger partial charge in [-0.2, -0.15) is 0 Å². The van der Waals surface area contributed by atoms with Crippen LogP contribution < -0.4 is 0 Å². The standard InChI is InChI=1S/C59H45N3/c1-40(42-21-8-3-9-22-42)54(43-23-10-4-11-24-43)60-55(41(2)47-35-36-53-51(37-47)38-48-31-18-19-34-52(48)53)49-32-20-33-50(39-49)59-58(46-29-16-7-17-30-46)61-56(44-25-12-5-13-26-44)57(62-59)45-27-14-6-15-28-45/h3-37,39-40H,38H2,1-2H3/b55-41+,60-54?. The maximum atomic E-state index is 5.80. The minimum atomic E-state index is 0.0219. The van der Waals surface area contributed by atoms with Gasteiger partial charge in [-0.3, -0.25) is 4.99 Å². The van der Waals surface area contributed by atoms with Crippen molar-refractivity contribution in [2.75, 3.05) is 0 Å². The van der Waals surface area contributed by atoms with Gasteiger partial charge in [0, 0.05) is 33.7 Å². The van der Waals surface area contributed by atoms with E-state index in [1.807, 2.05) is 18.2 Å². The molecule has 3 heteroatoms. The van der Waals surface area contributed by atoms with Crippen LogP contribution in [0, 0.1) is 0 Å². The van der Waals surface area contributed by atoms with Crippen molar-refractivity contribution in [3.05, 3.63) is 252 Å². The van der Waals surface area contributed by atoms with E-state index in [-0.39, 0.29) is 5.92 Å². The Morgan fingerprint density at radius 3 is 1.48 bits per heavy atom. The molecule has 0 amide bonds. The Morgan fingerprint density at radius 2 is 0.887 bits per heavy atom. The second kappa shape index (κ2) is 17.1. The van der Waals surface area contributed by atoms with E-state index in [1.54, 1.807) is 0 Å². The topological polar surface area (TPSA) is 38.1 Å². The smallest absolute Gasteiger partial charge is 0.0973 e. The van der Waals surface area contributed by atoms with Gasteiger partial charge in [0.15, 0.2) is 0 Å². The van der Waals surface area contributed by atoms with Crippen LogP contribution in [0.2, 0.25) is 0 Å². The maximum Gasteiger partial charge on any atom is 0.0973 e. The van der Waals surface area contributed by atoms with Crippen molar-refractivity contribution in [2.24, 2.45) is 4.99 Å². The van der Waals surface area contributed by atoms with Gasteiger partial charge in [0.05, 0.1) is 34.2 Å². The van der Waals surface area contributed by atoms with Crippen LogP contribution in [-0.2, 0) is 6.42 Å². The molecule has 1 aliphatic rings. The molecular formula is C59H45N3. The summed E-state index contributed by atoms with van der Waals surface area (Å²) in [4.78, 5) is 16.9. The molecule has 1 atom stereocenters. The van der Waals surface area contributed by atoms with Crippen molar-refractivity contribution in [1.29, 1.82) is 0 Å². The fourth-order valence-electron chi connectivity index (χ4n) is 8.76. The van der Waals surface area contributed by atoms with E-state index in [2.05, 4.69) is 214 Å². The van der Waals surface area contributed by atoms with E-state index in [4.69, 9.17) is 15.0 Å². The van der Waals surface area contributed by atoms with E-state index >= 15 is 0 Å². The molecule has 1 heterocycles. The molecule has 0 saturated carbocycles.